The van der Waals surface area contributed by atoms with Gasteiger partial charge in [0.2, 0.25) is 5.95 Å². The van der Waals surface area contributed by atoms with Crippen molar-refractivity contribution in [3.63, 3.8) is 0 Å². The van der Waals surface area contributed by atoms with E-state index in [9.17, 15) is 0 Å². The van der Waals surface area contributed by atoms with Crippen molar-refractivity contribution in [2.45, 2.75) is 20.8 Å². The lowest BCUT2D eigenvalue weighted by atomic mass is 10.1. The Labute approximate surface area is 113 Å². The molecule has 2 aromatic rings. The third-order valence-electron chi connectivity index (χ3n) is 2.59. The van der Waals surface area contributed by atoms with Crippen molar-refractivity contribution in [1.29, 1.82) is 0 Å². The van der Waals surface area contributed by atoms with Crippen LogP contribution in [0.5, 0.6) is 6.01 Å². The van der Waals surface area contributed by atoms with Gasteiger partial charge in [0, 0.05) is 12.6 Å². The molecule has 0 bridgehead atoms. The molecule has 0 saturated heterocycles. The molecular weight excluding hydrogens is 240 g/mol. The van der Waals surface area contributed by atoms with E-state index in [4.69, 9.17) is 4.74 Å². The maximum atomic E-state index is 5.37. The van der Waals surface area contributed by atoms with Crippen LogP contribution in [0.1, 0.15) is 18.1 Å². The number of rotatable bonds is 4. The van der Waals surface area contributed by atoms with E-state index in [2.05, 4.69) is 52.3 Å². The summed E-state index contributed by atoms with van der Waals surface area (Å²) >= 11 is 0. The lowest BCUT2D eigenvalue weighted by Gasteiger charge is -2.08. The summed E-state index contributed by atoms with van der Waals surface area (Å²) in [6.07, 6.45) is 0. The van der Waals surface area contributed by atoms with Gasteiger partial charge in [0.15, 0.2) is 5.82 Å². The Morgan fingerprint density at radius 1 is 1.05 bits per heavy atom. The van der Waals surface area contributed by atoms with Gasteiger partial charge < -0.3 is 10.1 Å². The molecule has 100 valence electrons. The number of hydrogen-bond donors (Lipinski definition) is 1. The molecule has 0 atom stereocenters. The average molecular weight is 258 g/mol. The van der Waals surface area contributed by atoms with Crippen LogP contribution in [-0.2, 0) is 0 Å². The van der Waals surface area contributed by atoms with Crippen LogP contribution in [-0.4, -0.2) is 28.6 Å². The minimum absolute atomic E-state index is 0.344. The first-order valence-corrected chi connectivity index (χ1v) is 6.27. The molecule has 0 fully saturated rings. The van der Waals surface area contributed by atoms with Crippen molar-refractivity contribution in [1.82, 2.24) is 15.0 Å². The van der Waals surface area contributed by atoms with Crippen LogP contribution in [0.4, 0.5) is 5.95 Å². The van der Waals surface area contributed by atoms with Gasteiger partial charge in [-0.2, -0.15) is 15.0 Å². The van der Waals surface area contributed by atoms with Crippen molar-refractivity contribution in [3.05, 3.63) is 29.3 Å². The quantitative estimate of drug-likeness (QED) is 0.913. The van der Waals surface area contributed by atoms with Crippen LogP contribution in [0.15, 0.2) is 18.2 Å². The Morgan fingerprint density at radius 2 is 1.74 bits per heavy atom. The number of ether oxygens (including phenoxy) is 1. The minimum Gasteiger partial charge on any atom is -0.464 e. The molecule has 0 amide bonds. The number of aryl methyl sites for hydroxylation is 2. The fourth-order valence-corrected chi connectivity index (χ4v) is 1.89. The molecule has 19 heavy (non-hydrogen) atoms. The lowest BCUT2D eigenvalue weighted by Crippen LogP contribution is -2.05. The van der Waals surface area contributed by atoms with E-state index >= 15 is 0 Å². The van der Waals surface area contributed by atoms with Gasteiger partial charge in [-0.05, 0) is 32.9 Å². The highest BCUT2D eigenvalue weighted by Gasteiger charge is 2.09. The Morgan fingerprint density at radius 3 is 2.32 bits per heavy atom. The lowest BCUT2D eigenvalue weighted by molar-refractivity contribution is 0.312. The molecule has 0 aliphatic rings. The summed E-state index contributed by atoms with van der Waals surface area (Å²) in [5, 5.41) is 2.92. The van der Waals surface area contributed by atoms with Crippen LogP contribution in [0, 0.1) is 13.8 Å². The molecule has 0 aliphatic carbocycles. The molecule has 1 heterocycles. The summed E-state index contributed by atoms with van der Waals surface area (Å²) in [6, 6.07) is 6.57. The van der Waals surface area contributed by atoms with Gasteiger partial charge in [-0.3, -0.25) is 0 Å². The maximum absolute atomic E-state index is 5.37. The normalized spacial score (nSPS) is 10.3. The van der Waals surface area contributed by atoms with E-state index in [1.54, 1.807) is 7.05 Å². The molecule has 0 saturated carbocycles. The summed E-state index contributed by atoms with van der Waals surface area (Å²) in [7, 11) is 1.77. The van der Waals surface area contributed by atoms with Crippen LogP contribution in [0.3, 0.4) is 0 Å². The molecule has 0 spiro atoms. The molecule has 0 radical (unpaired) electrons. The second-order valence-electron chi connectivity index (χ2n) is 4.32. The fourth-order valence-electron chi connectivity index (χ4n) is 1.89. The molecule has 0 unspecified atom stereocenters. The molecule has 1 aromatic carbocycles. The van der Waals surface area contributed by atoms with Crippen LogP contribution in [0.25, 0.3) is 11.4 Å². The summed E-state index contributed by atoms with van der Waals surface area (Å²) in [5.41, 5.74) is 3.33. The average Bonchev–Trinajstić information content (AvgIpc) is 2.37. The number of anilines is 1. The number of aromatic nitrogens is 3. The highest BCUT2D eigenvalue weighted by Crippen LogP contribution is 2.21. The SMILES string of the molecule is CCOc1nc(NC)nc(-c2cc(C)cc(C)c2)n1. The third kappa shape index (κ3) is 3.19. The molecule has 1 N–H and O–H groups in total. The largest absolute Gasteiger partial charge is 0.464 e. The van der Waals surface area contributed by atoms with Crippen molar-refractivity contribution in [2.75, 3.05) is 19.0 Å². The van der Waals surface area contributed by atoms with Gasteiger partial charge in [-0.1, -0.05) is 17.2 Å². The highest BCUT2D eigenvalue weighted by atomic mass is 16.5. The standard InChI is InChI=1S/C14H18N4O/c1-5-19-14-17-12(16-13(15-4)18-14)11-7-9(2)6-10(3)8-11/h6-8H,5H2,1-4H3,(H,15,16,17,18). The van der Waals surface area contributed by atoms with E-state index in [1.165, 1.54) is 11.1 Å². The van der Waals surface area contributed by atoms with Crippen molar-refractivity contribution in [3.8, 4) is 17.4 Å². The van der Waals surface area contributed by atoms with E-state index in [0.717, 1.165) is 5.56 Å². The Hall–Kier alpha value is -2.17. The molecule has 1 aromatic heterocycles. The fraction of sp³-hybridized carbons (Fsp3) is 0.357. The van der Waals surface area contributed by atoms with Crippen molar-refractivity contribution < 1.29 is 4.74 Å². The number of hydrogen-bond acceptors (Lipinski definition) is 5. The molecule has 5 nitrogen and oxygen atoms in total. The number of nitrogens with zero attached hydrogens (tertiary/aromatic N) is 3. The zero-order chi connectivity index (χ0) is 13.8. The van der Waals surface area contributed by atoms with Gasteiger partial charge in [-0.15, -0.1) is 0 Å². The summed E-state index contributed by atoms with van der Waals surface area (Å²) < 4.78 is 5.37. The first kappa shape index (κ1) is 13.3. The summed E-state index contributed by atoms with van der Waals surface area (Å²) in [4.78, 5) is 12.9. The monoisotopic (exact) mass is 258 g/mol. The summed E-state index contributed by atoms with van der Waals surface area (Å²) in [5.74, 6) is 1.13. The zero-order valence-electron chi connectivity index (χ0n) is 11.7. The second kappa shape index (κ2) is 5.65. The highest BCUT2D eigenvalue weighted by molar-refractivity contribution is 5.59. The van der Waals surface area contributed by atoms with E-state index in [0.29, 0.717) is 24.4 Å². The number of nitrogens with one attached hydrogen (secondary N) is 1. The predicted octanol–water partition coefficient (Wildman–Crippen LogP) is 2.60. The van der Waals surface area contributed by atoms with Crippen LogP contribution < -0.4 is 10.1 Å². The Bertz CT molecular complexity index is 563. The van der Waals surface area contributed by atoms with Crippen molar-refractivity contribution in [2.24, 2.45) is 0 Å². The molecule has 2 rings (SSSR count). The first-order chi connectivity index (χ1) is 9.12. The molecule has 5 heteroatoms. The van der Waals surface area contributed by atoms with Crippen LogP contribution >= 0.6 is 0 Å². The van der Waals surface area contributed by atoms with Gasteiger partial charge in [0.1, 0.15) is 0 Å². The topological polar surface area (TPSA) is 59.9 Å². The van der Waals surface area contributed by atoms with Gasteiger partial charge in [-0.25, -0.2) is 0 Å². The van der Waals surface area contributed by atoms with Crippen molar-refractivity contribution >= 4 is 5.95 Å². The molecule has 0 aliphatic heterocycles. The smallest absolute Gasteiger partial charge is 0.321 e. The van der Waals surface area contributed by atoms with E-state index < -0.39 is 0 Å². The van der Waals surface area contributed by atoms with E-state index in [1.807, 2.05) is 6.92 Å². The number of benzene rings is 1. The zero-order valence-corrected chi connectivity index (χ0v) is 11.7. The third-order valence-corrected chi connectivity index (χ3v) is 2.59. The Kier molecular flexibility index (Phi) is 3.94. The first-order valence-electron chi connectivity index (χ1n) is 6.27. The second-order valence-corrected chi connectivity index (χ2v) is 4.32. The van der Waals surface area contributed by atoms with Gasteiger partial charge in [0.25, 0.3) is 0 Å². The molecular formula is C14H18N4O. The predicted molar refractivity (Wildman–Crippen MR) is 75.5 cm³/mol. The van der Waals surface area contributed by atoms with Gasteiger partial charge >= 0.3 is 6.01 Å². The Balaban J connectivity index is 2.50. The van der Waals surface area contributed by atoms with Crippen LogP contribution in [0.2, 0.25) is 0 Å². The minimum atomic E-state index is 0.344. The van der Waals surface area contributed by atoms with E-state index in [-0.39, 0.29) is 0 Å². The summed E-state index contributed by atoms with van der Waals surface area (Å²) in [6.45, 7) is 6.54. The van der Waals surface area contributed by atoms with Gasteiger partial charge in [0.05, 0.1) is 6.61 Å². The maximum Gasteiger partial charge on any atom is 0.321 e.